The Labute approximate surface area is 110 Å². The maximum Gasteiger partial charge on any atom is 0.227 e. The molecule has 1 amide bonds. The van der Waals surface area contributed by atoms with Gasteiger partial charge in [0.2, 0.25) is 5.91 Å². The van der Waals surface area contributed by atoms with Crippen LogP contribution in [-0.4, -0.2) is 23.9 Å². The standard InChI is InChI=1S/C16H23NO/c1-12-6-7-14(3)15(9-12)10-16(18)17-8-4-5-13(2)11-17/h6-7,9,13H,4-5,8,10-11H2,1-3H3. The zero-order valence-electron chi connectivity index (χ0n) is 11.7. The van der Waals surface area contributed by atoms with Crippen molar-refractivity contribution in [1.82, 2.24) is 4.90 Å². The van der Waals surface area contributed by atoms with Crippen LogP contribution in [-0.2, 0) is 11.2 Å². The summed E-state index contributed by atoms with van der Waals surface area (Å²) in [7, 11) is 0. The van der Waals surface area contributed by atoms with Gasteiger partial charge in [-0.1, -0.05) is 30.7 Å². The summed E-state index contributed by atoms with van der Waals surface area (Å²) in [4.78, 5) is 14.3. The fraction of sp³-hybridized carbons (Fsp3) is 0.562. The van der Waals surface area contributed by atoms with Crippen molar-refractivity contribution in [1.29, 1.82) is 0 Å². The Morgan fingerprint density at radius 3 is 2.89 bits per heavy atom. The van der Waals surface area contributed by atoms with E-state index in [4.69, 9.17) is 0 Å². The van der Waals surface area contributed by atoms with Gasteiger partial charge in [0.15, 0.2) is 0 Å². The van der Waals surface area contributed by atoms with Gasteiger partial charge in [0.1, 0.15) is 0 Å². The highest BCUT2D eigenvalue weighted by atomic mass is 16.2. The summed E-state index contributed by atoms with van der Waals surface area (Å²) in [6.07, 6.45) is 2.97. The highest BCUT2D eigenvalue weighted by molar-refractivity contribution is 5.79. The lowest BCUT2D eigenvalue weighted by molar-refractivity contribution is -0.132. The fourth-order valence-electron chi connectivity index (χ4n) is 2.68. The van der Waals surface area contributed by atoms with Crippen molar-refractivity contribution < 1.29 is 4.79 Å². The highest BCUT2D eigenvalue weighted by Gasteiger charge is 2.21. The molecule has 1 unspecified atom stereocenters. The van der Waals surface area contributed by atoms with Crippen LogP contribution in [0, 0.1) is 19.8 Å². The summed E-state index contributed by atoms with van der Waals surface area (Å²) in [6, 6.07) is 6.35. The average molecular weight is 245 g/mol. The van der Waals surface area contributed by atoms with Crippen molar-refractivity contribution in [3.05, 3.63) is 34.9 Å². The molecule has 2 heteroatoms. The van der Waals surface area contributed by atoms with Gasteiger partial charge < -0.3 is 4.90 Å². The molecule has 1 aromatic rings. The van der Waals surface area contributed by atoms with E-state index in [9.17, 15) is 4.79 Å². The van der Waals surface area contributed by atoms with E-state index < -0.39 is 0 Å². The van der Waals surface area contributed by atoms with Gasteiger partial charge in [0.05, 0.1) is 6.42 Å². The number of nitrogens with zero attached hydrogens (tertiary/aromatic N) is 1. The molecule has 18 heavy (non-hydrogen) atoms. The first kappa shape index (κ1) is 13.1. The number of hydrogen-bond acceptors (Lipinski definition) is 1. The van der Waals surface area contributed by atoms with E-state index in [2.05, 4.69) is 39.0 Å². The zero-order valence-corrected chi connectivity index (χ0v) is 11.7. The molecular weight excluding hydrogens is 222 g/mol. The summed E-state index contributed by atoms with van der Waals surface area (Å²) in [6.45, 7) is 8.27. The first-order valence-electron chi connectivity index (χ1n) is 6.90. The number of piperidine rings is 1. The third-order valence-corrected chi connectivity index (χ3v) is 3.86. The number of hydrogen-bond donors (Lipinski definition) is 0. The molecule has 1 aliphatic heterocycles. The van der Waals surface area contributed by atoms with Gasteiger partial charge in [-0.3, -0.25) is 4.79 Å². The lowest BCUT2D eigenvalue weighted by Crippen LogP contribution is -2.40. The van der Waals surface area contributed by atoms with Crippen molar-refractivity contribution in [2.24, 2.45) is 5.92 Å². The number of likely N-dealkylation sites (tertiary alicyclic amines) is 1. The van der Waals surface area contributed by atoms with Crippen molar-refractivity contribution in [3.8, 4) is 0 Å². The SMILES string of the molecule is Cc1ccc(C)c(CC(=O)N2CCCC(C)C2)c1. The molecule has 1 heterocycles. The van der Waals surface area contributed by atoms with Crippen LogP contribution in [0.2, 0.25) is 0 Å². The van der Waals surface area contributed by atoms with Crippen molar-refractivity contribution in [2.75, 3.05) is 13.1 Å². The number of carbonyl (C=O) groups is 1. The van der Waals surface area contributed by atoms with Gasteiger partial charge >= 0.3 is 0 Å². The monoisotopic (exact) mass is 245 g/mol. The van der Waals surface area contributed by atoms with Gasteiger partial charge in [-0.25, -0.2) is 0 Å². The maximum atomic E-state index is 12.3. The van der Waals surface area contributed by atoms with E-state index in [0.29, 0.717) is 12.3 Å². The van der Waals surface area contributed by atoms with Crippen LogP contribution in [0.3, 0.4) is 0 Å². The molecule has 0 saturated carbocycles. The van der Waals surface area contributed by atoms with E-state index in [1.807, 2.05) is 4.90 Å². The normalized spacial score (nSPS) is 19.9. The summed E-state index contributed by atoms with van der Waals surface area (Å²) in [5.74, 6) is 0.941. The Hall–Kier alpha value is -1.31. The number of rotatable bonds is 2. The Balaban J connectivity index is 2.04. The molecule has 2 rings (SSSR count). The van der Waals surface area contributed by atoms with E-state index in [0.717, 1.165) is 19.5 Å². The van der Waals surface area contributed by atoms with Gasteiger partial charge in [0, 0.05) is 13.1 Å². The highest BCUT2D eigenvalue weighted by Crippen LogP contribution is 2.18. The molecule has 0 aliphatic carbocycles. The quantitative estimate of drug-likeness (QED) is 0.784. The molecule has 0 aromatic heterocycles. The molecule has 1 aliphatic rings. The lowest BCUT2D eigenvalue weighted by Gasteiger charge is -2.31. The van der Waals surface area contributed by atoms with Crippen LogP contribution < -0.4 is 0 Å². The van der Waals surface area contributed by atoms with Crippen LogP contribution in [0.15, 0.2) is 18.2 Å². The van der Waals surface area contributed by atoms with Crippen LogP contribution in [0.1, 0.15) is 36.5 Å². The van der Waals surface area contributed by atoms with Crippen molar-refractivity contribution in [3.63, 3.8) is 0 Å². The largest absolute Gasteiger partial charge is 0.342 e. The Kier molecular flexibility index (Phi) is 4.05. The molecule has 0 spiro atoms. The van der Waals surface area contributed by atoms with Gasteiger partial charge in [-0.05, 0) is 43.7 Å². The number of carbonyl (C=O) groups excluding carboxylic acids is 1. The predicted molar refractivity (Wildman–Crippen MR) is 74.6 cm³/mol. The minimum Gasteiger partial charge on any atom is -0.342 e. The summed E-state index contributed by atoms with van der Waals surface area (Å²) in [5.41, 5.74) is 3.63. The first-order valence-corrected chi connectivity index (χ1v) is 6.90. The topological polar surface area (TPSA) is 20.3 Å². The molecule has 0 radical (unpaired) electrons. The first-order chi connectivity index (χ1) is 8.56. The van der Waals surface area contributed by atoms with E-state index in [1.165, 1.54) is 23.1 Å². The third kappa shape index (κ3) is 3.12. The smallest absolute Gasteiger partial charge is 0.227 e. The number of amides is 1. The average Bonchev–Trinajstić information content (AvgIpc) is 2.34. The van der Waals surface area contributed by atoms with E-state index in [1.54, 1.807) is 0 Å². The number of benzene rings is 1. The molecule has 1 atom stereocenters. The fourth-order valence-corrected chi connectivity index (χ4v) is 2.68. The van der Waals surface area contributed by atoms with E-state index in [-0.39, 0.29) is 5.91 Å². The summed E-state index contributed by atoms with van der Waals surface area (Å²) >= 11 is 0. The Morgan fingerprint density at radius 2 is 2.17 bits per heavy atom. The van der Waals surface area contributed by atoms with Crippen LogP contribution in [0.25, 0.3) is 0 Å². The molecule has 1 saturated heterocycles. The predicted octanol–water partition coefficient (Wildman–Crippen LogP) is 3.10. The third-order valence-electron chi connectivity index (χ3n) is 3.86. The maximum absolute atomic E-state index is 12.3. The molecule has 1 aromatic carbocycles. The van der Waals surface area contributed by atoms with Crippen LogP contribution >= 0.6 is 0 Å². The number of aryl methyl sites for hydroxylation is 2. The Bertz CT molecular complexity index is 439. The second-order valence-electron chi connectivity index (χ2n) is 5.69. The molecule has 98 valence electrons. The molecular formula is C16H23NO. The van der Waals surface area contributed by atoms with Crippen LogP contribution in [0.4, 0.5) is 0 Å². The van der Waals surface area contributed by atoms with Crippen molar-refractivity contribution in [2.45, 2.75) is 40.0 Å². The molecule has 0 bridgehead atoms. The molecule has 1 fully saturated rings. The van der Waals surface area contributed by atoms with Crippen LogP contribution in [0.5, 0.6) is 0 Å². The molecule has 0 N–H and O–H groups in total. The van der Waals surface area contributed by atoms with Crippen molar-refractivity contribution >= 4 is 5.91 Å². The minimum absolute atomic E-state index is 0.287. The zero-order chi connectivity index (χ0) is 13.1. The van der Waals surface area contributed by atoms with Gasteiger partial charge in [0.25, 0.3) is 0 Å². The summed E-state index contributed by atoms with van der Waals surface area (Å²) < 4.78 is 0. The second kappa shape index (κ2) is 5.55. The van der Waals surface area contributed by atoms with Gasteiger partial charge in [-0.2, -0.15) is 0 Å². The summed E-state index contributed by atoms with van der Waals surface area (Å²) in [5, 5.41) is 0. The molecule has 2 nitrogen and oxygen atoms in total. The minimum atomic E-state index is 0.287. The second-order valence-corrected chi connectivity index (χ2v) is 5.69. The van der Waals surface area contributed by atoms with Gasteiger partial charge in [-0.15, -0.1) is 0 Å². The Morgan fingerprint density at radius 1 is 1.39 bits per heavy atom. The lowest BCUT2D eigenvalue weighted by atomic mass is 9.98. The van der Waals surface area contributed by atoms with E-state index >= 15 is 0 Å².